The Kier molecular flexibility index (Phi) is 4.83. The van der Waals surface area contributed by atoms with E-state index >= 15 is 0 Å². The zero-order chi connectivity index (χ0) is 14.7. The van der Waals surface area contributed by atoms with Crippen molar-refractivity contribution in [2.45, 2.75) is 6.92 Å². The maximum Gasteiger partial charge on any atom is 0.259 e. The van der Waals surface area contributed by atoms with Crippen LogP contribution in [0.5, 0.6) is 5.75 Å². The Hall–Kier alpha value is -1.33. The third-order valence-corrected chi connectivity index (χ3v) is 3.78. The molecule has 2 rings (SSSR count). The summed E-state index contributed by atoms with van der Waals surface area (Å²) in [5.74, 6) is 0.299. The van der Waals surface area contributed by atoms with Gasteiger partial charge in [-0.2, -0.15) is 0 Å². The summed E-state index contributed by atoms with van der Waals surface area (Å²) in [6, 6.07) is 11.2. The lowest BCUT2D eigenvalue weighted by Crippen LogP contribution is -2.13. The van der Waals surface area contributed by atoms with Gasteiger partial charge in [-0.1, -0.05) is 28.1 Å². The van der Waals surface area contributed by atoms with Crippen LogP contribution in [-0.4, -0.2) is 13.0 Å². The van der Waals surface area contributed by atoms with Crippen LogP contribution in [0.25, 0.3) is 0 Å². The van der Waals surface area contributed by atoms with Gasteiger partial charge in [0, 0.05) is 10.2 Å². The zero-order valence-electron chi connectivity index (χ0n) is 11.0. The van der Waals surface area contributed by atoms with E-state index in [-0.39, 0.29) is 5.91 Å². The molecular weight excluding hydrogens is 386 g/mol. The van der Waals surface area contributed by atoms with Crippen molar-refractivity contribution in [1.29, 1.82) is 0 Å². The molecule has 0 aliphatic carbocycles. The van der Waals surface area contributed by atoms with Gasteiger partial charge in [-0.05, 0) is 52.7 Å². The molecule has 5 heteroatoms. The lowest BCUT2D eigenvalue weighted by molar-refractivity contribution is 0.102. The Balaban J connectivity index is 2.34. The van der Waals surface area contributed by atoms with Crippen LogP contribution in [0.4, 0.5) is 5.69 Å². The lowest BCUT2D eigenvalue weighted by Gasteiger charge is -2.12. The van der Waals surface area contributed by atoms with Crippen LogP contribution < -0.4 is 10.1 Å². The number of hydrogen-bond donors (Lipinski definition) is 1. The van der Waals surface area contributed by atoms with Crippen molar-refractivity contribution >= 4 is 43.5 Å². The van der Waals surface area contributed by atoms with Gasteiger partial charge in [0.2, 0.25) is 0 Å². The number of halogens is 2. The summed E-state index contributed by atoms with van der Waals surface area (Å²) in [7, 11) is 1.54. The van der Waals surface area contributed by atoms with Crippen molar-refractivity contribution in [2.75, 3.05) is 12.4 Å². The van der Waals surface area contributed by atoms with E-state index in [0.717, 1.165) is 20.2 Å². The van der Waals surface area contributed by atoms with Gasteiger partial charge in [0.05, 0.1) is 17.1 Å². The van der Waals surface area contributed by atoms with Gasteiger partial charge >= 0.3 is 0 Å². The van der Waals surface area contributed by atoms with E-state index < -0.39 is 0 Å². The first-order valence-corrected chi connectivity index (χ1v) is 7.51. The predicted octanol–water partition coefficient (Wildman–Crippen LogP) is 4.78. The molecule has 0 bridgehead atoms. The minimum absolute atomic E-state index is 0.213. The van der Waals surface area contributed by atoms with E-state index in [0.29, 0.717) is 11.3 Å². The maximum atomic E-state index is 12.4. The molecule has 1 amide bonds. The number of benzene rings is 2. The van der Waals surface area contributed by atoms with Crippen molar-refractivity contribution in [2.24, 2.45) is 0 Å². The second kappa shape index (κ2) is 6.41. The fourth-order valence-corrected chi connectivity index (χ4v) is 3.24. The van der Waals surface area contributed by atoms with Crippen LogP contribution in [0.1, 0.15) is 15.9 Å². The van der Waals surface area contributed by atoms with Gasteiger partial charge in [0.25, 0.3) is 5.91 Å². The Bertz CT molecular complexity index is 656. The quantitative estimate of drug-likeness (QED) is 0.807. The number of carbonyl (C=O) groups is 1. The Morgan fingerprint density at radius 3 is 2.60 bits per heavy atom. The van der Waals surface area contributed by atoms with E-state index in [1.54, 1.807) is 6.07 Å². The Morgan fingerprint density at radius 2 is 1.95 bits per heavy atom. The molecule has 0 aromatic heterocycles. The van der Waals surface area contributed by atoms with Crippen LogP contribution in [0, 0.1) is 6.92 Å². The van der Waals surface area contributed by atoms with Crippen molar-refractivity contribution in [1.82, 2.24) is 0 Å². The van der Waals surface area contributed by atoms with Gasteiger partial charge in [-0.3, -0.25) is 4.79 Å². The summed E-state index contributed by atoms with van der Waals surface area (Å²) < 4.78 is 6.82. The molecule has 0 saturated heterocycles. The normalized spacial score (nSPS) is 10.2. The largest absolute Gasteiger partial charge is 0.495 e. The molecule has 0 aliphatic heterocycles. The molecule has 0 spiro atoms. The van der Waals surface area contributed by atoms with E-state index in [1.165, 1.54) is 7.11 Å². The number of carbonyl (C=O) groups excluding carboxylic acids is 1. The second-order valence-corrected chi connectivity index (χ2v) is 6.06. The molecule has 0 unspecified atom stereocenters. The number of ether oxygens (including phenoxy) is 1. The molecule has 3 nitrogen and oxygen atoms in total. The lowest BCUT2D eigenvalue weighted by atomic mass is 10.1. The molecule has 2 aromatic rings. The number of aryl methyl sites for hydroxylation is 1. The molecule has 1 N–H and O–H groups in total. The minimum atomic E-state index is -0.213. The van der Waals surface area contributed by atoms with Crippen LogP contribution in [0.2, 0.25) is 0 Å². The van der Waals surface area contributed by atoms with E-state index in [9.17, 15) is 4.79 Å². The molecule has 104 valence electrons. The SMILES string of the molecule is COc1c(Br)cc(Br)cc1C(=O)Nc1cccc(C)c1. The van der Waals surface area contributed by atoms with Gasteiger partial charge in [0.1, 0.15) is 5.75 Å². The molecule has 0 fully saturated rings. The Morgan fingerprint density at radius 1 is 1.20 bits per heavy atom. The highest BCUT2D eigenvalue weighted by Crippen LogP contribution is 2.33. The summed E-state index contributed by atoms with van der Waals surface area (Å²) in [4.78, 5) is 12.4. The van der Waals surface area contributed by atoms with E-state index in [1.807, 2.05) is 37.3 Å². The molecular formula is C15H13Br2NO2. The summed E-state index contributed by atoms with van der Waals surface area (Å²) in [6.45, 7) is 1.98. The average Bonchev–Trinajstić information content (AvgIpc) is 2.37. The second-order valence-electron chi connectivity index (χ2n) is 4.29. The molecule has 0 atom stereocenters. The van der Waals surface area contributed by atoms with Crippen molar-refractivity contribution in [3.63, 3.8) is 0 Å². The molecule has 2 aromatic carbocycles. The van der Waals surface area contributed by atoms with Crippen LogP contribution in [0.15, 0.2) is 45.3 Å². The topological polar surface area (TPSA) is 38.3 Å². The van der Waals surface area contributed by atoms with Crippen LogP contribution >= 0.6 is 31.9 Å². The summed E-state index contributed by atoms with van der Waals surface area (Å²) in [6.07, 6.45) is 0. The number of methoxy groups -OCH3 is 1. The number of rotatable bonds is 3. The summed E-state index contributed by atoms with van der Waals surface area (Å²) >= 11 is 6.76. The third-order valence-electron chi connectivity index (χ3n) is 2.73. The van der Waals surface area contributed by atoms with Gasteiger partial charge in [0.15, 0.2) is 0 Å². The number of anilines is 1. The standard InChI is InChI=1S/C15H13Br2NO2/c1-9-4-3-5-11(6-9)18-15(19)12-7-10(16)8-13(17)14(12)20-2/h3-8H,1-2H3,(H,18,19). The van der Waals surface area contributed by atoms with Crippen LogP contribution in [-0.2, 0) is 0 Å². The highest BCUT2D eigenvalue weighted by molar-refractivity contribution is 9.11. The number of amides is 1. The highest BCUT2D eigenvalue weighted by Gasteiger charge is 2.16. The molecule has 0 radical (unpaired) electrons. The minimum Gasteiger partial charge on any atom is -0.495 e. The third kappa shape index (κ3) is 3.41. The molecule has 0 aliphatic rings. The van der Waals surface area contributed by atoms with E-state index in [4.69, 9.17) is 4.74 Å². The van der Waals surface area contributed by atoms with Gasteiger partial charge in [-0.25, -0.2) is 0 Å². The molecule has 0 saturated carbocycles. The average molecular weight is 399 g/mol. The summed E-state index contributed by atoms with van der Waals surface area (Å²) in [5, 5.41) is 2.87. The zero-order valence-corrected chi connectivity index (χ0v) is 14.2. The summed E-state index contributed by atoms with van der Waals surface area (Å²) in [5.41, 5.74) is 2.31. The van der Waals surface area contributed by atoms with Crippen molar-refractivity contribution in [3.8, 4) is 5.75 Å². The van der Waals surface area contributed by atoms with Crippen molar-refractivity contribution in [3.05, 3.63) is 56.5 Å². The highest BCUT2D eigenvalue weighted by atomic mass is 79.9. The molecule has 20 heavy (non-hydrogen) atoms. The fraction of sp³-hybridized carbons (Fsp3) is 0.133. The number of nitrogens with one attached hydrogen (secondary N) is 1. The first-order chi connectivity index (χ1) is 9.51. The first-order valence-electron chi connectivity index (χ1n) is 5.92. The fourth-order valence-electron chi connectivity index (χ4n) is 1.86. The first kappa shape index (κ1) is 15.1. The monoisotopic (exact) mass is 397 g/mol. The van der Waals surface area contributed by atoms with E-state index in [2.05, 4.69) is 37.2 Å². The maximum absolute atomic E-state index is 12.4. The van der Waals surface area contributed by atoms with Crippen LogP contribution in [0.3, 0.4) is 0 Å². The predicted molar refractivity (Wildman–Crippen MR) is 87.5 cm³/mol. The van der Waals surface area contributed by atoms with Crippen molar-refractivity contribution < 1.29 is 9.53 Å². The van der Waals surface area contributed by atoms with Gasteiger partial charge in [-0.15, -0.1) is 0 Å². The molecule has 0 heterocycles. The smallest absolute Gasteiger partial charge is 0.259 e. The van der Waals surface area contributed by atoms with Gasteiger partial charge < -0.3 is 10.1 Å². The Labute approximate surface area is 134 Å². The number of hydrogen-bond acceptors (Lipinski definition) is 2.